The Morgan fingerprint density at radius 3 is 2.65 bits per heavy atom. The summed E-state index contributed by atoms with van der Waals surface area (Å²) in [4.78, 5) is 24.0. The fourth-order valence-corrected chi connectivity index (χ4v) is 1.80. The number of nitrogens with zero attached hydrogens (tertiary/aromatic N) is 1. The molecule has 4 N–H and O–H groups in total. The zero-order valence-corrected chi connectivity index (χ0v) is 10.4. The van der Waals surface area contributed by atoms with E-state index in [0.717, 1.165) is 0 Å². The number of hydrogen-bond acceptors (Lipinski definition) is 5. The van der Waals surface area contributed by atoms with Gasteiger partial charge in [0.2, 0.25) is 0 Å². The first-order valence-corrected chi connectivity index (χ1v) is 5.48. The van der Waals surface area contributed by atoms with Gasteiger partial charge in [0.15, 0.2) is 5.75 Å². The van der Waals surface area contributed by atoms with Gasteiger partial charge in [-0.05, 0) is 18.2 Å². The van der Waals surface area contributed by atoms with Crippen molar-refractivity contribution in [3.63, 3.8) is 0 Å². The Hall–Kier alpha value is -3.03. The van der Waals surface area contributed by atoms with E-state index in [4.69, 9.17) is 15.6 Å². The molecule has 0 spiro atoms. The summed E-state index contributed by atoms with van der Waals surface area (Å²) in [7, 11) is 1.33. The molecule has 0 aliphatic rings. The molecule has 0 aliphatic carbocycles. The second kappa shape index (κ2) is 4.92. The second-order valence-corrected chi connectivity index (χ2v) is 3.96. The predicted octanol–water partition coefficient (Wildman–Crippen LogP) is 1.88. The van der Waals surface area contributed by atoms with E-state index in [1.54, 1.807) is 6.07 Å². The van der Waals surface area contributed by atoms with E-state index < -0.39 is 10.9 Å². The number of carboxylic acids is 1. The lowest BCUT2D eigenvalue weighted by Crippen LogP contribution is -1.98. The number of ether oxygens (including phenoxy) is 1. The SMILES string of the molecule is COc1ccc(-c2cc(C(=O)O)c(N)[nH]2)cc1[N+](=O)[O-]. The van der Waals surface area contributed by atoms with E-state index in [-0.39, 0.29) is 22.8 Å². The molecule has 0 fully saturated rings. The van der Waals surface area contributed by atoms with Crippen LogP contribution in [0.25, 0.3) is 11.3 Å². The summed E-state index contributed by atoms with van der Waals surface area (Å²) in [6.45, 7) is 0. The van der Waals surface area contributed by atoms with Crippen LogP contribution in [0.2, 0.25) is 0 Å². The molecule has 0 saturated carbocycles. The molecular weight excluding hydrogens is 266 g/mol. The molecule has 8 nitrogen and oxygen atoms in total. The fraction of sp³-hybridized carbons (Fsp3) is 0.0833. The molecule has 1 heterocycles. The number of carboxylic acid groups (broad SMARTS) is 1. The zero-order valence-electron chi connectivity index (χ0n) is 10.4. The summed E-state index contributed by atoms with van der Waals surface area (Å²) in [5.41, 5.74) is 6.06. The van der Waals surface area contributed by atoms with Crippen LogP contribution in [0.4, 0.5) is 11.5 Å². The molecule has 0 radical (unpaired) electrons. The quantitative estimate of drug-likeness (QED) is 0.577. The van der Waals surface area contributed by atoms with Crippen molar-refractivity contribution in [2.24, 2.45) is 0 Å². The molecule has 2 aromatic rings. The van der Waals surface area contributed by atoms with Gasteiger partial charge in [-0.25, -0.2) is 4.79 Å². The Morgan fingerprint density at radius 2 is 2.15 bits per heavy atom. The maximum absolute atomic E-state index is 10.9. The van der Waals surface area contributed by atoms with E-state index in [9.17, 15) is 14.9 Å². The smallest absolute Gasteiger partial charge is 0.339 e. The number of nitro groups is 1. The van der Waals surface area contributed by atoms with Gasteiger partial charge in [-0.2, -0.15) is 0 Å². The average molecular weight is 277 g/mol. The Balaban J connectivity index is 2.53. The third-order valence-electron chi connectivity index (χ3n) is 2.77. The minimum atomic E-state index is -1.17. The summed E-state index contributed by atoms with van der Waals surface area (Å²) >= 11 is 0. The van der Waals surface area contributed by atoms with Crippen molar-refractivity contribution in [2.75, 3.05) is 12.8 Å². The van der Waals surface area contributed by atoms with Crippen molar-refractivity contribution >= 4 is 17.5 Å². The van der Waals surface area contributed by atoms with Crippen molar-refractivity contribution < 1.29 is 19.6 Å². The lowest BCUT2D eigenvalue weighted by molar-refractivity contribution is -0.385. The highest BCUT2D eigenvalue weighted by Crippen LogP contribution is 2.32. The lowest BCUT2D eigenvalue weighted by atomic mass is 10.1. The molecule has 0 atom stereocenters. The Bertz CT molecular complexity index is 692. The van der Waals surface area contributed by atoms with Gasteiger partial charge in [0.25, 0.3) is 0 Å². The van der Waals surface area contributed by atoms with Crippen molar-refractivity contribution in [2.45, 2.75) is 0 Å². The maximum Gasteiger partial charge on any atom is 0.339 e. The number of nitrogens with one attached hydrogen (secondary N) is 1. The van der Waals surface area contributed by atoms with E-state index in [0.29, 0.717) is 11.3 Å². The van der Waals surface area contributed by atoms with Crippen LogP contribution in [-0.4, -0.2) is 28.1 Å². The van der Waals surface area contributed by atoms with Crippen molar-refractivity contribution in [1.29, 1.82) is 0 Å². The van der Waals surface area contributed by atoms with Gasteiger partial charge in [0.1, 0.15) is 11.4 Å². The number of carbonyl (C=O) groups is 1. The fourth-order valence-electron chi connectivity index (χ4n) is 1.80. The van der Waals surface area contributed by atoms with E-state index in [2.05, 4.69) is 4.98 Å². The Kier molecular flexibility index (Phi) is 3.30. The Labute approximate surface area is 112 Å². The largest absolute Gasteiger partial charge is 0.490 e. The number of rotatable bonds is 4. The Morgan fingerprint density at radius 1 is 1.45 bits per heavy atom. The van der Waals surface area contributed by atoms with Crippen molar-refractivity contribution in [3.8, 4) is 17.0 Å². The molecule has 0 aliphatic heterocycles. The van der Waals surface area contributed by atoms with Gasteiger partial charge in [0.05, 0.1) is 12.0 Å². The number of aromatic nitrogens is 1. The van der Waals surface area contributed by atoms with Gasteiger partial charge in [-0.1, -0.05) is 0 Å². The number of methoxy groups -OCH3 is 1. The van der Waals surface area contributed by atoms with Gasteiger partial charge in [-0.15, -0.1) is 0 Å². The first kappa shape index (κ1) is 13.4. The van der Waals surface area contributed by atoms with Crippen LogP contribution in [-0.2, 0) is 0 Å². The topological polar surface area (TPSA) is 131 Å². The maximum atomic E-state index is 10.9. The van der Waals surface area contributed by atoms with Gasteiger partial charge >= 0.3 is 11.7 Å². The number of nitrogen functional groups attached to an aromatic ring is 1. The molecule has 8 heteroatoms. The molecule has 104 valence electrons. The molecule has 0 unspecified atom stereocenters. The molecule has 1 aromatic carbocycles. The number of nitrogens with two attached hydrogens (primary N) is 1. The number of aromatic carboxylic acids is 1. The molecule has 20 heavy (non-hydrogen) atoms. The first-order valence-electron chi connectivity index (χ1n) is 5.48. The molecule has 1 aromatic heterocycles. The predicted molar refractivity (Wildman–Crippen MR) is 70.8 cm³/mol. The molecule has 0 amide bonds. The number of H-pyrrole nitrogens is 1. The van der Waals surface area contributed by atoms with Gasteiger partial charge in [0, 0.05) is 17.3 Å². The standard InChI is InChI=1S/C12H11N3O5/c1-20-10-3-2-6(4-9(10)15(18)19)8-5-7(12(16)17)11(13)14-8/h2-5,14H,13H2,1H3,(H,16,17). The highest BCUT2D eigenvalue weighted by Gasteiger charge is 2.18. The third-order valence-corrected chi connectivity index (χ3v) is 2.77. The molecule has 2 rings (SSSR count). The normalized spacial score (nSPS) is 10.2. The number of hydrogen-bond donors (Lipinski definition) is 3. The molecule has 0 saturated heterocycles. The molecule has 0 bridgehead atoms. The van der Waals surface area contributed by atoms with E-state index >= 15 is 0 Å². The number of benzene rings is 1. The van der Waals surface area contributed by atoms with Crippen LogP contribution in [0.5, 0.6) is 5.75 Å². The average Bonchev–Trinajstić information content (AvgIpc) is 2.80. The minimum Gasteiger partial charge on any atom is -0.490 e. The summed E-state index contributed by atoms with van der Waals surface area (Å²) in [6.07, 6.45) is 0. The number of nitro benzene ring substituents is 1. The van der Waals surface area contributed by atoms with Crippen molar-refractivity contribution in [1.82, 2.24) is 4.98 Å². The minimum absolute atomic E-state index is 0.00836. The first-order chi connectivity index (χ1) is 9.43. The lowest BCUT2D eigenvalue weighted by Gasteiger charge is -2.03. The summed E-state index contributed by atoms with van der Waals surface area (Å²) < 4.78 is 4.89. The number of anilines is 1. The van der Waals surface area contributed by atoms with Crippen LogP contribution in [0.15, 0.2) is 24.3 Å². The van der Waals surface area contributed by atoms with Crippen LogP contribution in [0, 0.1) is 10.1 Å². The second-order valence-electron chi connectivity index (χ2n) is 3.96. The van der Waals surface area contributed by atoms with Crippen LogP contribution in [0.3, 0.4) is 0 Å². The third kappa shape index (κ3) is 2.26. The van der Waals surface area contributed by atoms with Gasteiger partial charge in [-0.3, -0.25) is 10.1 Å². The van der Waals surface area contributed by atoms with E-state index in [1.165, 1.54) is 25.3 Å². The van der Waals surface area contributed by atoms with Crippen LogP contribution < -0.4 is 10.5 Å². The number of aromatic amines is 1. The zero-order chi connectivity index (χ0) is 14.9. The van der Waals surface area contributed by atoms with E-state index in [1.807, 2.05) is 0 Å². The van der Waals surface area contributed by atoms with Crippen molar-refractivity contribution in [3.05, 3.63) is 39.9 Å². The summed E-state index contributed by atoms with van der Waals surface area (Å²) in [5, 5.41) is 19.9. The molecular formula is C12H11N3O5. The monoisotopic (exact) mass is 277 g/mol. The highest BCUT2D eigenvalue weighted by atomic mass is 16.6. The summed E-state index contributed by atoms with van der Waals surface area (Å²) in [6, 6.07) is 5.62. The van der Waals surface area contributed by atoms with Crippen LogP contribution >= 0.6 is 0 Å². The summed E-state index contributed by atoms with van der Waals surface area (Å²) in [5.74, 6) is -1.06. The van der Waals surface area contributed by atoms with Gasteiger partial charge < -0.3 is 20.6 Å². The highest BCUT2D eigenvalue weighted by molar-refractivity contribution is 5.95. The van der Waals surface area contributed by atoms with Crippen LogP contribution in [0.1, 0.15) is 10.4 Å².